The molecule has 3 saturated carbocycles. The smallest absolute Gasteiger partial charge is 0.142 e. The van der Waals surface area contributed by atoms with E-state index >= 15 is 0 Å². The van der Waals surface area contributed by atoms with Crippen LogP contribution >= 0.6 is 0 Å². The number of rotatable bonds is 1. The van der Waals surface area contributed by atoms with E-state index in [0.29, 0.717) is 30.0 Å². The van der Waals surface area contributed by atoms with E-state index in [9.17, 15) is 4.79 Å². The van der Waals surface area contributed by atoms with Gasteiger partial charge in [-0.05, 0) is 49.7 Å². The van der Waals surface area contributed by atoms with Crippen molar-refractivity contribution in [2.75, 3.05) is 0 Å². The molecule has 5 fully saturated rings. The Morgan fingerprint density at radius 1 is 1.36 bits per heavy atom. The summed E-state index contributed by atoms with van der Waals surface area (Å²) in [5.41, 5.74) is 0.804. The van der Waals surface area contributed by atoms with Gasteiger partial charge in [-0.1, -0.05) is 18.9 Å². The first-order chi connectivity index (χ1) is 10.6. The molecule has 116 valence electrons. The van der Waals surface area contributed by atoms with Crippen LogP contribution in [-0.4, -0.2) is 22.0 Å². The highest BCUT2D eigenvalue weighted by Gasteiger charge is 2.71. The molecule has 1 aromatic rings. The van der Waals surface area contributed by atoms with Crippen LogP contribution in [0.3, 0.4) is 0 Å². The summed E-state index contributed by atoms with van der Waals surface area (Å²) in [5, 5.41) is 0. The van der Waals surface area contributed by atoms with Crippen LogP contribution in [0.25, 0.3) is 0 Å². The predicted octanol–water partition coefficient (Wildman–Crippen LogP) is 3.49. The highest BCUT2D eigenvalue weighted by molar-refractivity contribution is 5.86. The summed E-state index contributed by atoms with van der Waals surface area (Å²) in [5.74, 6) is 2.05. The van der Waals surface area contributed by atoms with Crippen molar-refractivity contribution >= 4 is 5.78 Å². The van der Waals surface area contributed by atoms with Crippen molar-refractivity contribution in [3.63, 3.8) is 0 Å². The van der Waals surface area contributed by atoms with Crippen LogP contribution < -0.4 is 0 Å². The van der Waals surface area contributed by atoms with Crippen LogP contribution in [0.15, 0.2) is 24.5 Å². The molecule has 2 aliphatic heterocycles. The molecular weight excluding hydrogens is 274 g/mol. The molecule has 0 amide bonds. The topological polar surface area (TPSA) is 39.2 Å². The lowest BCUT2D eigenvalue weighted by Gasteiger charge is -2.61. The maximum Gasteiger partial charge on any atom is 0.142 e. The molecule has 22 heavy (non-hydrogen) atoms. The van der Waals surface area contributed by atoms with Gasteiger partial charge in [-0.25, -0.2) is 0 Å². The Kier molecular flexibility index (Phi) is 2.52. The molecule has 3 heterocycles. The Hall–Kier alpha value is -1.22. The summed E-state index contributed by atoms with van der Waals surface area (Å²) >= 11 is 0. The number of carbonyl (C=O) groups excluding carboxylic acids is 1. The summed E-state index contributed by atoms with van der Waals surface area (Å²) in [6.07, 6.45) is 10.4. The minimum Gasteiger partial charge on any atom is -0.367 e. The second-order valence-electron chi connectivity index (χ2n) is 8.06. The standard InChI is InChI=1S/C19H23NO2/c1-18-15(12-5-4-8-20-11-12)9-13-14-6-2-3-7-19(14,22-18)10-16(21)17(13)18/h4-5,8,11,13-15,17H,2-3,6-7,9-10H2,1H3. The van der Waals surface area contributed by atoms with E-state index < -0.39 is 0 Å². The first-order valence-corrected chi connectivity index (χ1v) is 8.77. The quantitative estimate of drug-likeness (QED) is 0.796. The minimum absolute atomic E-state index is 0.114. The number of hydrogen-bond acceptors (Lipinski definition) is 3. The fourth-order valence-corrected chi connectivity index (χ4v) is 6.49. The summed E-state index contributed by atoms with van der Waals surface area (Å²) in [4.78, 5) is 17.2. The molecule has 4 bridgehead atoms. The molecule has 3 nitrogen and oxygen atoms in total. The first kappa shape index (κ1) is 13.2. The minimum atomic E-state index is -0.309. The Balaban J connectivity index is 1.64. The maximum atomic E-state index is 12.9. The number of fused-ring (bicyclic) bond motifs is 1. The molecule has 5 aliphatic rings. The normalized spacial score (nSPS) is 49.2. The Bertz CT molecular complexity index is 630. The fourth-order valence-electron chi connectivity index (χ4n) is 6.49. The Morgan fingerprint density at radius 3 is 3.09 bits per heavy atom. The van der Waals surface area contributed by atoms with Crippen molar-refractivity contribution in [2.45, 2.75) is 62.6 Å². The van der Waals surface area contributed by atoms with Crippen LogP contribution in [0.5, 0.6) is 0 Å². The van der Waals surface area contributed by atoms with Gasteiger partial charge in [0.2, 0.25) is 0 Å². The number of ketones is 1. The van der Waals surface area contributed by atoms with Crippen LogP contribution in [0.1, 0.15) is 56.9 Å². The molecule has 3 heteroatoms. The van der Waals surface area contributed by atoms with E-state index in [4.69, 9.17) is 4.74 Å². The number of aromatic nitrogens is 1. The van der Waals surface area contributed by atoms with Crippen LogP contribution in [0.2, 0.25) is 0 Å². The first-order valence-electron chi connectivity index (χ1n) is 8.77. The Morgan fingerprint density at radius 2 is 2.27 bits per heavy atom. The van der Waals surface area contributed by atoms with Crippen LogP contribution in [0.4, 0.5) is 0 Å². The largest absolute Gasteiger partial charge is 0.367 e. The average molecular weight is 297 g/mol. The van der Waals surface area contributed by atoms with E-state index in [1.807, 2.05) is 18.5 Å². The zero-order chi connectivity index (χ0) is 14.9. The van der Waals surface area contributed by atoms with Gasteiger partial charge in [0.25, 0.3) is 0 Å². The van der Waals surface area contributed by atoms with E-state index in [-0.39, 0.29) is 17.1 Å². The monoisotopic (exact) mass is 297 g/mol. The fraction of sp³-hybridized carbons (Fsp3) is 0.684. The van der Waals surface area contributed by atoms with Gasteiger partial charge in [0.15, 0.2) is 0 Å². The zero-order valence-corrected chi connectivity index (χ0v) is 13.1. The van der Waals surface area contributed by atoms with Crippen molar-refractivity contribution < 1.29 is 9.53 Å². The van der Waals surface area contributed by atoms with Crippen molar-refractivity contribution in [3.8, 4) is 0 Å². The van der Waals surface area contributed by atoms with Gasteiger partial charge in [0.1, 0.15) is 5.78 Å². The lowest BCUT2D eigenvalue weighted by molar-refractivity contribution is -0.268. The number of Topliss-reactive ketones (excluding diaryl/α,β-unsaturated/α-hetero) is 1. The summed E-state index contributed by atoms with van der Waals surface area (Å²) in [6, 6.07) is 4.17. The average Bonchev–Trinajstić information content (AvgIpc) is 2.77. The van der Waals surface area contributed by atoms with Gasteiger partial charge in [-0.3, -0.25) is 9.78 Å². The third-order valence-electron chi connectivity index (χ3n) is 7.13. The molecule has 1 aromatic heterocycles. The van der Waals surface area contributed by atoms with E-state index in [1.165, 1.54) is 24.8 Å². The van der Waals surface area contributed by atoms with Gasteiger partial charge in [-0.15, -0.1) is 0 Å². The second-order valence-corrected chi connectivity index (χ2v) is 8.06. The van der Waals surface area contributed by atoms with Crippen LogP contribution in [-0.2, 0) is 9.53 Å². The van der Waals surface area contributed by atoms with Crippen LogP contribution in [0, 0.1) is 17.8 Å². The molecule has 3 aliphatic carbocycles. The van der Waals surface area contributed by atoms with Crippen molar-refractivity contribution in [1.82, 2.24) is 4.98 Å². The molecule has 2 saturated heterocycles. The molecule has 6 rings (SSSR count). The van der Waals surface area contributed by atoms with Crippen molar-refractivity contribution in [1.29, 1.82) is 0 Å². The molecular formula is C19H23NO2. The molecule has 0 radical (unpaired) electrons. The maximum absolute atomic E-state index is 12.9. The molecule has 0 aromatic carbocycles. The number of ether oxygens (including phenoxy) is 1. The van der Waals surface area contributed by atoms with Gasteiger partial charge >= 0.3 is 0 Å². The molecule has 6 unspecified atom stereocenters. The molecule has 1 spiro atoms. The third-order valence-corrected chi connectivity index (χ3v) is 7.13. The van der Waals surface area contributed by atoms with E-state index in [2.05, 4.69) is 18.0 Å². The number of nitrogens with zero attached hydrogens (tertiary/aromatic N) is 1. The van der Waals surface area contributed by atoms with E-state index in [0.717, 1.165) is 12.8 Å². The van der Waals surface area contributed by atoms with Gasteiger partial charge in [-0.2, -0.15) is 0 Å². The van der Waals surface area contributed by atoms with Gasteiger partial charge < -0.3 is 4.74 Å². The highest BCUT2D eigenvalue weighted by Crippen LogP contribution is 2.68. The third kappa shape index (κ3) is 1.46. The molecule has 6 atom stereocenters. The predicted molar refractivity (Wildman–Crippen MR) is 82.4 cm³/mol. The van der Waals surface area contributed by atoms with Crippen molar-refractivity contribution in [2.24, 2.45) is 17.8 Å². The van der Waals surface area contributed by atoms with E-state index in [1.54, 1.807) is 0 Å². The molecule has 0 N–H and O–H groups in total. The summed E-state index contributed by atoms with van der Waals surface area (Å²) < 4.78 is 6.84. The second kappa shape index (κ2) is 4.19. The summed E-state index contributed by atoms with van der Waals surface area (Å²) in [6.45, 7) is 2.21. The highest BCUT2D eigenvalue weighted by atomic mass is 16.5. The lowest BCUT2D eigenvalue weighted by atomic mass is 9.55. The van der Waals surface area contributed by atoms with Gasteiger partial charge in [0.05, 0.1) is 17.1 Å². The van der Waals surface area contributed by atoms with Crippen molar-refractivity contribution in [3.05, 3.63) is 30.1 Å². The zero-order valence-electron chi connectivity index (χ0n) is 13.1. The summed E-state index contributed by atoms with van der Waals surface area (Å²) in [7, 11) is 0. The SMILES string of the molecule is CC12OC34CCCCC3C(CC1c1cccnc1)C2C(=O)C4. The van der Waals surface area contributed by atoms with Gasteiger partial charge in [0, 0.05) is 24.7 Å². The number of hydrogen-bond donors (Lipinski definition) is 0. The Labute approximate surface area is 131 Å². The number of pyridine rings is 1. The lowest BCUT2D eigenvalue weighted by Crippen LogP contribution is -2.66. The number of carbonyl (C=O) groups is 1.